The van der Waals surface area contributed by atoms with Crippen LogP contribution in [0.5, 0.6) is 0 Å². The molecule has 0 saturated heterocycles. The third-order valence-electron chi connectivity index (χ3n) is 3.65. The Morgan fingerprint density at radius 1 is 1.26 bits per heavy atom. The van der Waals surface area contributed by atoms with Gasteiger partial charge in [-0.2, -0.15) is 13.2 Å². The molecule has 10 heteroatoms. The number of thiophene rings is 1. The lowest BCUT2D eigenvalue weighted by Crippen LogP contribution is -2.21. The van der Waals surface area contributed by atoms with Gasteiger partial charge < -0.3 is 15.4 Å². The van der Waals surface area contributed by atoms with Crippen LogP contribution in [0.15, 0.2) is 42.7 Å². The van der Waals surface area contributed by atoms with Gasteiger partial charge in [0.05, 0.1) is 22.1 Å². The number of alkyl halides is 3. The average molecular weight is 394 g/mol. The van der Waals surface area contributed by atoms with Crippen LogP contribution in [-0.4, -0.2) is 31.8 Å². The standard InChI is InChI=1S/C15H12N4S.C2HF3O2/c1-19-8-17-12-13(19)14-10(18-15(12)16)7-11(20-14)9-5-3-2-4-6-9;3-2(4,5)1(6)7/h2-8H,1H3,(H2,16,18);(H,6,7). The van der Waals surface area contributed by atoms with Crippen molar-refractivity contribution in [1.82, 2.24) is 14.5 Å². The number of carboxylic acid groups (broad SMARTS) is 1. The molecule has 0 bridgehead atoms. The first-order chi connectivity index (χ1) is 12.7. The van der Waals surface area contributed by atoms with Crippen molar-refractivity contribution in [3.05, 3.63) is 42.7 Å². The number of halogens is 3. The van der Waals surface area contributed by atoms with E-state index in [1.54, 1.807) is 17.7 Å². The number of hydrogen-bond donors (Lipinski definition) is 2. The normalized spacial score (nSPS) is 11.4. The van der Waals surface area contributed by atoms with Crippen LogP contribution < -0.4 is 5.73 Å². The van der Waals surface area contributed by atoms with Crippen molar-refractivity contribution in [2.75, 3.05) is 5.73 Å². The van der Waals surface area contributed by atoms with Crippen LogP contribution in [0.2, 0.25) is 0 Å². The molecule has 0 amide bonds. The predicted octanol–water partition coefficient (Wildman–Crippen LogP) is 4.07. The molecule has 0 atom stereocenters. The highest BCUT2D eigenvalue weighted by atomic mass is 32.1. The minimum absolute atomic E-state index is 0.491. The number of imidazole rings is 1. The maximum atomic E-state index is 10.6. The first-order valence-corrected chi connectivity index (χ1v) is 8.35. The quantitative estimate of drug-likeness (QED) is 0.508. The summed E-state index contributed by atoms with van der Waals surface area (Å²) in [5, 5.41) is 7.12. The first-order valence-electron chi connectivity index (χ1n) is 7.54. The molecular formula is C17H13F3N4O2S. The van der Waals surface area contributed by atoms with E-state index < -0.39 is 12.1 Å². The van der Waals surface area contributed by atoms with E-state index >= 15 is 0 Å². The molecule has 3 aromatic heterocycles. The predicted molar refractivity (Wildman–Crippen MR) is 97.4 cm³/mol. The highest BCUT2D eigenvalue weighted by Crippen LogP contribution is 2.37. The topological polar surface area (TPSA) is 94.0 Å². The van der Waals surface area contributed by atoms with Gasteiger partial charge in [-0.05, 0) is 11.6 Å². The fourth-order valence-corrected chi connectivity index (χ4v) is 3.64. The number of carbonyl (C=O) groups is 1. The number of aliphatic carboxylic acids is 1. The van der Waals surface area contributed by atoms with E-state index in [2.05, 4.69) is 28.2 Å². The highest BCUT2D eigenvalue weighted by molar-refractivity contribution is 7.23. The molecule has 3 N–H and O–H groups in total. The summed E-state index contributed by atoms with van der Waals surface area (Å²) in [6, 6.07) is 12.4. The van der Waals surface area contributed by atoms with E-state index in [-0.39, 0.29) is 0 Å². The Morgan fingerprint density at radius 2 is 1.89 bits per heavy atom. The molecule has 0 saturated carbocycles. The van der Waals surface area contributed by atoms with E-state index in [1.807, 2.05) is 29.8 Å². The van der Waals surface area contributed by atoms with Crippen molar-refractivity contribution in [3.63, 3.8) is 0 Å². The molecule has 0 aliphatic carbocycles. The summed E-state index contributed by atoms with van der Waals surface area (Å²) in [6.45, 7) is 0. The maximum absolute atomic E-state index is 10.6. The largest absolute Gasteiger partial charge is 0.490 e. The minimum atomic E-state index is -5.08. The second-order valence-electron chi connectivity index (χ2n) is 5.54. The van der Waals surface area contributed by atoms with Gasteiger partial charge in [-0.15, -0.1) is 11.3 Å². The lowest BCUT2D eigenvalue weighted by molar-refractivity contribution is -0.192. The van der Waals surface area contributed by atoms with Crippen LogP contribution >= 0.6 is 11.3 Å². The Bertz CT molecular complexity index is 1120. The molecule has 0 spiro atoms. The van der Waals surface area contributed by atoms with Gasteiger partial charge in [0.1, 0.15) is 5.52 Å². The minimum Gasteiger partial charge on any atom is -0.475 e. The molecule has 4 aromatic rings. The van der Waals surface area contributed by atoms with Gasteiger partial charge in [-0.25, -0.2) is 14.8 Å². The van der Waals surface area contributed by atoms with Gasteiger partial charge >= 0.3 is 12.1 Å². The number of pyridine rings is 1. The van der Waals surface area contributed by atoms with Crippen molar-refractivity contribution in [3.8, 4) is 10.4 Å². The number of aromatic nitrogens is 3. The summed E-state index contributed by atoms with van der Waals surface area (Å²) >= 11 is 1.73. The first kappa shape index (κ1) is 18.6. The molecule has 4 rings (SSSR count). The summed E-state index contributed by atoms with van der Waals surface area (Å²) in [6.07, 6.45) is -3.30. The third-order valence-corrected chi connectivity index (χ3v) is 4.83. The third kappa shape index (κ3) is 3.70. The molecule has 1 aromatic carbocycles. The summed E-state index contributed by atoms with van der Waals surface area (Å²) in [5.74, 6) is -2.27. The second kappa shape index (κ2) is 6.88. The van der Waals surface area contributed by atoms with Crippen LogP contribution in [0.3, 0.4) is 0 Å². The van der Waals surface area contributed by atoms with Gasteiger partial charge in [0, 0.05) is 11.9 Å². The Morgan fingerprint density at radius 3 is 2.48 bits per heavy atom. The summed E-state index contributed by atoms with van der Waals surface area (Å²) in [4.78, 5) is 18.9. The lowest BCUT2D eigenvalue weighted by atomic mass is 10.2. The van der Waals surface area contributed by atoms with Crippen molar-refractivity contribution >= 4 is 44.4 Å². The number of fused-ring (bicyclic) bond motifs is 3. The van der Waals surface area contributed by atoms with E-state index in [1.165, 1.54) is 10.4 Å². The Labute approximate surface area is 154 Å². The summed E-state index contributed by atoms with van der Waals surface area (Å²) < 4.78 is 34.9. The van der Waals surface area contributed by atoms with Gasteiger partial charge in [-0.1, -0.05) is 30.3 Å². The molecule has 140 valence electrons. The summed E-state index contributed by atoms with van der Waals surface area (Å²) in [7, 11) is 1.98. The van der Waals surface area contributed by atoms with Crippen LogP contribution in [0.4, 0.5) is 19.0 Å². The number of nitrogens with two attached hydrogens (primary N) is 1. The fraction of sp³-hybridized carbons (Fsp3) is 0.118. The smallest absolute Gasteiger partial charge is 0.475 e. The number of hydrogen-bond acceptors (Lipinski definition) is 5. The zero-order chi connectivity index (χ0) is 19.8. The Balaban J connectivity index is 0.000000260. The van der Waals surface area contributed by atoms with Crippen molar-refractivity contribution in [2.45, 2.75) is 6.18 Å². The average Bonchev–Trinajstić information content (AvgIpc) is 3.19. The van der Waals surface area contributed by atoms with E-state index in [4.69, 9.17) is 15.6 Å². The molecule has 0 fully saturated rings. The molecule has 6 nitrogen and oxygen atoms in total. The second-order valence-corrected chi connectivity index (χ2v) is 6.60. The zero-order valence-corrected chi connectivity index (χ0v) is 14.7. The molecule has 0 unspecified atom stereocenters. The molecule has 0 radical (unpaired) electrons. The number of benzene rings is 1. The number of nitrogens with zero attached hydrogens (tertiary/aromatic N) is 3. The lowest BCUT2D eigenvalue weighted by Gasteiger charge is -1.98. The van der Waals surface area contributed by atoms with Crippen molar-refractivity contribution in [1.29, 1.82) is 0 Å². The van der Waals surface area contributed by atoms with Gasteiger partial charge in [0.2, 0.25) is 0 Å². The molecule has 0 aliphatic heterocycles. The van der Waals surface area contributed by atoms with Crippen molar-refractivity contribution in [2.24, 2.45) is 7.05 Å². The zero-order valence-electron chi connectivity index (χ0n) is 13.9. The van der Waals surface area contributed by atoms with Gasteiger partial charge in [0.15, 0.2) is 5.82 Å². The van der Waals surface area contributed by atoms with E-state index in [9.17, 15) is 13.2 Å². The van der Waals surface area contributed by atoms with Crippen LogP contribution in [0.25, 0.3) is 31.7 Å². The molecule has 27 heavy (non-hydrogen) atoms. The molecule has 3 heterocycles. The maximum Gasteiger partial charge on any atom is 0.490 e. The van der Waals surface area contributed by atoms with Gasteiger partial charge in [0.25, 0.3) is 0 Å². The number of anilines is 1. The van der Waals surface area contributed by atoms with Crippen LogP contribution in [-0.2, 0) is 11.8 Å². The van der Waals surface area contributed by atoms with Gasteiger partial charge in [-0.3, -0.25) is 0 Å². The Hall–Kier alpha value is -3.14. The fourth-order valence-electron chi connectivity index (χ4n) is 2.45. The Kier molecular flexibility index (Phi) is 4.75. The highest BCUT2D eigenvalue weighted by Gasteiger charge is 2.38. The molecular weight excluding hydrogens is 381 g/mol. The van der Waals surface area contributed by atoms with E-state index in [0.717, 1.165) is 21.3 Å². The SMILES string of the molecule is Cn1cnc2c(N)nc3cc(-c4ccccc4)sc3c21.O=C(O)C(F)(F)F. The number of carboxylic acids is 1. The number of rotatable bonds is 1. The van der Waals surface area contributed by atoms with Crippen LogP contribution in [0, 0.1) is 0 Å². The summed E-state index contributed by atoms with van der Waals surface area (Å²) in [5.41, 5.74) is 9.97. The van der Waals surface area contributed by atoms with E-state index in [0.29, 0.717) is 5.82 Å². The van der Waals surface area contributed by atoms with Crippen molar-refractivity contribution < 1.29 is 23.1 Å². The molecule has 0 aliphatic rings. The monoisotopic (exact) mass is 394 g/mol. The van der Waals surface area contributed by atoms with Crippen LogP contribution in [0.1, 0.15) is 0 Å². The number of aryl methyl sites for hydroxylation is 1. The number of nitrogen functional groups attached to an aromatic ring is 1.